The second kappa shape index (κ2) is 6.93. The van der Waals surface area contributed by atoms with Crippen molar-refractivity contribution in [2.45, 2.75) is 17.5 Å². The number of carbonyl (C=O) groups is 1. The molecule has 144 valence electrons. The van der Waals surface area contributed by atoms with Gasteiger partial charge in [0.15, 0.2) is 6.61 Å². The first-order valence-corrected chi connectivity index (χ1v) is 9.34. The number of alkyl halides is 3. The highest BCUT2D eigenvalue weighted by molar-refractivity contribution is 7.92. The number of amides is 1. The number of hydrogen-bond acceptors (Lipinski definition) is 4. The Morgan fingerprint density at radius 2 is 1.93 bits per heavy atom. The summed E-state index contributed by atoms with van der Waals surface area (Å²) in [6.07, 6.45) is -4.55. The average molecular weight is 421 g/mol. The van der Waals surface area contributed by atoms with Crippen molar-refractivity contribution in [2.75, 3.05) is 16.6 Å². The van der Waals surface area contributed by atoms with Gasteiger partial charge in [-0.25, -0.2) is 8.42 Å². The molecule has 6 nitrogen and oxygen atoms in total. The van der Waals surface area contributed by atoms with Crippen LogP contribution in [-0.4, -0.2) is 27.1 Å². The molecule has 0 radical (unpaired) electrons. The van der Waals surface area contributed by atoms with E-state index in [-0.39, 0.29) is 33.7 Å². The Balaban J connectivity index is 1.89. The summed E-state index contributed by atoms with van der Waals surface area (Å²) in [4.78, 5) is 11.2. The number of hydrogen-bond donors (Lipinski definition) is 2. The normalized spacial score (nSPS) is 13.9. The molecule has 3 rings (SSSR count). The number of nitrogens with one attached hydrogen (secondary N) is 2. The maximum atomic E-state index is 12.6. The van der Waals surface area contributed by atoms with Crippen LogP contribution in [0.4, 0.5) is 24.5 Å². The van der Waals surface area contributed by atoms with E-state index in [1.807, 2.05) is 0 Å². The van der Waals surface area contributed by atoms with E-state index in [4.69, 9.17) is 11.6 Å². The van der Waals surface area contributed by atoms with Crippen LogP contribution in [0.1, 0.15) is 5.56 Å². The molecule has 1 heterocycles. The zero-order chi connectivity index (χ0) is 19.8. The first-order chi connectivity index (χ1) is 12.5. The lowest BCUT2D eigenvalue weighted by atomic mass is 10.2. The Hall–Kier alpha value is -2.46. The molecule has 0 unspecified atom stereocenters. The van der Waals surface area contributed by atoms with Crippen LogP contribution in [0.25, 0.3) is 0 Å². The van der Waals surface area contributed by atoms with Crippen molar-refractivity contribution in [3.8, 4) is 5.75 Å². The Morgan fingerprint density at radius 1 is 1.19 bits per heavy atom. The molecule has 0 saturated heterocycles. The summed E-state index contributed by atoms with van der Waals surface area (Å²) in [5.74, 6) is -0.580. The average Bonchev–Trinajstić information content (AvgIpc) is 2.92. The molecule has 1 aliphatic rings. The fourth-order valence-corrected chi connectivity index (χ4v) is 3.73. The number of halogens is 4. The van der Waals surface area contributed by atoms with Gasteiger partial charge in [0.05, 0.1) is 17.0 Å². The molecule has 0 atom stereocenters. The number of rotatable bonds is 5. The number of carbonyl (C=O) groups excluding carboxylic acids is 1. The van der Waals surface area contributed by atoms with Gasteiger partial charge >= 0.3 is 6.18 Å². The van der Waals surface area contributed by atoms with E-state index in [9.17, 15) is 26.4 Å². The monoisotopic (exact) mass is 420 g/mol. The zero-order valence-electron chi connectivity index (χ0n) is 13.4. The highest BCUT2D eigenvalue weighted by atomic mass is 35.5. The van der Waals surface area contributed by atoms with Gasteiger partial charge in [0, 0.05) is 10.7 Å². The molecule has 0 aliphatic carbocycles. The maximum Gasteiger partial charge on any atom is 0.422 e. The van der Waals surface area contributed by atoms with Crippen LogP contribution in [0, 0.1) is 0 Å². The molecule has 0 fully saturated rings. The minimum atomic E-state index is -4.59. The minimum Gasteiger partial charge on any atom is -0.482 e. The van der Waals surface area contributed by atoms with Gasteiger partial charge in [0.25, 0.3) is 10.0 Å². The minimum absolute atomic E-state index is 0.0375. The van der Waals surface area contributed by atoms with E-state index in [1.165, 1.54) is 24.3 Å². The molecule has 1 aliphatic heterocycles. The summed E-state index contributed by atoms with van der Waals surface area (Å²) in [5, 5.41) is 2.68. The number of anilines is 2. The van der Waals surface area contributed by atoms with Gasteiger partial charge < -0.3 is 10.1 Å². The third kappa shape index (κ3) is 4.64. The van der Waals surface area contributed by atoms with E-state index in [1.54, 1.807) is 0 Å². The van der Waals surface area contributed by atoms with Crippen LogP contribution in [0.2, 0.25) is 5.02 Å². The van der Waals surface area contributed by atoms with Crippen LogP contribution in [0.5, 0.6) is 5.75 Å². The molecule has 0 spiro atoms. The third-order valence-corrected chi connectivity index (χ3v) is 5.19. The molecule has 27 heavy (non-hydrogen) atoms. The molecular formula is C16H12ClF3N2O4S. The summed E-state index contributed by atoms with van der Waals surface area (Å²) in [6, 6.07) is 7.58. The predicted octanol–water partition coefficient (Wildman–Crippen LogP) is 3.58. The highest BCUT2D eigenvalue weighted by Gasteiger charge is 2.29. The van der Waals surface area contributed by atoms with E-state index in [0.29, 0.717) is 11.3 Å². The van der Waals surface area contributed by atoms with Crippen LogP contribution in [0.15, 0.2) is 41.3 Å². The molecule has 11 heteroatoms. The van der Waals surface area contributed by atoms with E-state index in [2.05, 4.69) is 14.8 Å². The Morgan fingerprint density at radius 3 is 2.63 bits per heavy atom. The van der Waals surface area contributed by atoms with Crippen molar-refractivity contribution in [3.63, 3.8) is 0 Å². The van der Waals surface area contributed by atoms with E-state index < -0.39 is 22.8 Å². The number of benzene rings is 2. The van der Waals surface area contributed by atoms with Crippen LogP contribution in [-0.2, 0) is 21.2 Å². The smallest absolute Gasteiger partial charge is 0.422 e. The summed E-state index contributed by atoms with van der Waals surface area (Å²) in [5.41, 5.74) is 0.778. The number of ether oxygens (including phenoxy) is 1. The van der Waals surface area contributed by atoms with Gasteiger partial charge in [-0.05, 0) is 42.0 Å². The quantitative estimate of drug-likeness (QED) is 0.774. The summed E-state index contributed by atoms with van der Waals surface area (Å²) in [7, 11) is -4.15. The second-order valence-corrected chi connectivity index (χ2v) is 7.81. The molecule has 2 aromatic rings. The van der Waals surface area contributed by atoms with Crippen LogP contribution < -0.4 is 14.8 Å². The van der Waals surface area contributed by atoms with Gasteiger partial charge in [0.2, 0.25) is 5.91 Å². The molecule has 1 amide bonds. The predicted molar refractivity (Wildman–Crippen MR) is 92.6 cm³/mol. The summed E-state index contributed by atoms with van der Waals surface area (Å²) < 4.78 is 69.2. The molecule has 0 bridgehead atoms. The Kier molecular flexibility index (Phi) is 4.96. The largest absolute Gasteiger partial charge is 0.482 e. The fraction of sp³-hybridized carbons (Fsp3) is 0.188. The topological polar surface area (TPSA) is 84.5 Å². The molecule has 2 N–H and O–H groups in total. The Bertz CT molecular complexity index is 1010. The number of fused-ring (bicyclic) bond motifs is 1. The molecular weight excluding hydrogens is 409 g/mol. The first kappa shape index (κ1) is 19.3. The standard InChI is InChI=1S/C16H12ClF3N2O4S/c17-10-1-4-14(26-8-16(18,19)20)13(7-10)22-27(24,25)11-2-3-12-9(5-11)6-15(23)21-12/h1-5,7,22H,6,8H2,(H,21,23). The molecule has 0 aromatic heterocycles. The van der Waals surface area contributed by atoms with Crippen molar-refractivity contribution >= 4 is 38.9 Å². The van der Waals surface area contributed by atoms with Gasteiger partial charge in [-0.15, -0.1) is 0 Å². The summed E-state index contributed by atoms with van der Waals surface area (Å²) >= 11 is 5.82. The lowest BCUT2D eigenvalue weighted by Gasteiger charge is -2.15. The van der Waals surface area contributed by atoms with Crippen molar-refractivity contribution in [1.82, 2.24) is 0 Å². The van der Waals surface area contributed by atoms with Gasteiger partial charge in [-0.1, -0.05) is 11.6 Å². The molecule has 2 aromatic carbocycles. The van der Waals surface area contributed by atoms with Gasteiger partial charge in [-0.2, -0.15) is 13.2 Å². The fourth-order valence-electron chi connectivity index (χ4n) is 2.44. The molecule has 0 saturated carbocycles. The van der Waals surface area contributed by atoms with Crippen molar-refractivity contribution in [3.05, 3.63) is 47.0 Å². The van der Waals surface area contributed by atoms with E-state index >= 15 is 0 Å². The maximum absolute atomic E-state index is 12.6. The van der Waals surface area contributed by atoms with Gasteiger partial charge in [-0.3, -0.25) is 9.52 Å². The van der Waals surface area contributed by atoms with Crippen molar-refractivity contribution in [2.24, 2.45) is 0 Å². The summed E-state index contributed by atoms with van der Waals surface area (Å²) in [6.45, 7) is -1.59. The van der Waals surface area contributed by atoms with Crippen LogP contribution in [0.3, 0.4) is 0 Å². The Labute approximate surface area is 157 Å². The van der Waals surface area contributed by atoms with Crippen molar-refractivity contribution in [1.29, 1.82) is 0 Å². The first-order valence-electron chi connectivity index (χ1n) is 7.48. The lowest BCUT2D eigenvalue weighted by molar-refractivity contribution is -0.153. The van der Waals surface area contributed by atoms with Crippen molar-refractivity contribution < 1.29 is 31.1 Å². The van der Waals surface area contributed by atoms with Gasteiger partial charge in [0.1, 0.15) is 5.75 Å². The van der Waals surface area contributed by atoms with E-state index in [0.717, 1.165) is 12.1 Å². The third-order valence-electron chi connectivity index (χ3n) is 3.59. The lowest BCUT2D eigenvalue weighted by Crippen LogP contribution is -2.20. The number of sulfonamides is 1. The zero-order valence-corrected chi connectivity index (χ0v) is 15.0. The highest BCUT2D eigenvalue weighted by Crippen LogP contribution is 2.32. The van der Waals surface area contributed by atoms with Crippen LogP contribution >= 0.6 is 11.6 Å². The second-order valence-electron chi connectivity index (χ2n) is 5.69. The SMILES string of the molecule is O=C1Cc2cc(S(=O)(=O)Nc3cc(Cl)ccc3OCC(F)(F)F)ccc2N1.